The van der Waals surface area contributed by atoms with Gasteiger partial charge in [0.15, 0.2) is 4.99 Å². The van der Waals surface area contributed by atoms with Crippen molar-refractivity contribution in [2.24, 2.45) is 5.10 Å². The van der Waals surface area contributed by atoms with Crippen molar-refractivity contribution in [2.45, 2.75) is 4.99 Å². The van der Waals surface area contributed by atoms with E-state index in [9.17, 15) is 4.79 Å². The number of nitrogens with zero attached hydrogens (tertiary/aromatic N) is 2. The number of carboxylic acid groups (broad SMARTS) is 1. The van der Waals surface area contributed by atoms with Crippen LogP contribution in [0, 0.1) is 0 Å². The Labute approximate surface area is 87.2 Å². The number of nitrogens with one attached hydrogen (secondary N) is 1. The first kappa shape index (κ1) is 10.6. The highest BCUT2D eigenvalue weighted by molar-refractivity contribution is 7.82. The number of carboxylic acids is 1. The summed E-state index contributed by atoms with van der Waals surface area (Å²) in [5, 5.41) is 12.3. The van der Waals surface area contributed by atoms with Gasteiger partial charge >= 0.3 is 5.97 Å². The van der Waals surface area contributed by atoms with E-state index in [-0.39, 0.29) is 0 Å². The van der Waals surface area contributed by atoms with Crippen molar-refractivity contribution in [1.29, 1.82) is 0 Å². The molecule has 0 bridgehead atoms. The molecule has 2 N–H and O–H groups in total. The van der Waals surface area contributed by atoms with Crippen LogP contribution in [-0.4, -0.2) is 33.9 Å². The minimum atomic E-state index is -1.02. The zero-order chi connectivity index (χ0) is 10.6. The molecule has 0 aromatic rings. The van der Waals surface area contributed by atoms with Crippen LogP contribution in [0.1, 0.15) is 0 Å². The molecule has 0 aromatic carbocycles. The lowest BCUT2D eigenvalue weighted by atomic mass is 10.3. The first-order valence-electron chi connectivity index (χ1n) is 3.91. The molecule has 1 rings (SSSR count). The molecule has 1 atom stereocenters. The Morgan fingerprint density at radius 3 is 3.14 bits per heavy atom. The van der Waals surface area contributed by atoms with E-state index in [2.05, 4.69) is 29.7 Å². The number of hydrazone groups is 1. The number of carbonyl (C=O) groups is 1. The Bertz CT molecular complexity index is 303. The smallest absolute Gasteiger partial charge is 0.328 e. The average molecular weight is 213 g/mol. The summed E-state index contributed by atoms with van der Waals surface area (Å²) in [7, 11) is 0. The standard InChI is InChI=1S/C8H11N3O2S/c1-2-5-11-6-9-10-8(11,14)4-3-7(12)13/h2-4,6,10,14H,1,5H2,(H,12,13). The largest absolute Gasteiger partial charge is 0.478 e. The van der Waals surface area contributed by atoms with Crippen LogP contribution in [0.3, 0.4) is 0 Å². The average Bonchev–Trinajstić information content (AvgIpc) is 2.47. The van der Waals surface area contributed by atoms with E-state index in [4.69, 9.17) is 5.11 Å². The summed E-state index contributed by atoms with van der Waals surface area (Å²) in [5.41, 5.74) is 2.68. The third-order valence-electron chi connectivity index (χ3n) is 1.65. The Balaban J connectivity index is 2.73. The highest BCUT2D eigenvalue weighted by Gasteiger charge is 2.31. The van der Waals surface area contributed by atoms with Gasteiger partial charge in [0.25, 0.3) is 0 Å². The van der Waals surface area contributed by atoms with Crippen molar-refractivity contribution in [1.82, 2.24) is 10.3 Å². The molecule has 0 aromatic heterocycles. The van der Waals surface area contributed by atoms with Gasteiger partial charge in [0.1, 0.15) is 6.34 Å². The molecule has 0 spiro atoms. The Morgan fingerprint density at radius 1 is 1.86 bits per heavy atom. The molecule has 1 heterocycles. The molecule has 14 heavy (non-hydrogen) atoms. The van der Waals surface area contributed by atoms with E-state index in [0.29, 0.717) is 6.54 Å². The number of hydrogen-bond donors (Lipinski definition) is 3. The summed E-state index contributed by atoms with van der Waals surface area (Å²) in [6.45, 7) is 4.11. The molecule has 5 nitrogen and oxygen atoms in total. The summed E-state index contributed by atoms with van der Waals surface area (Å²) < 4.78 is 0. The van der Waals surface area contributed by atoms with Gasteiger partial charge in [-0.1, -0.05) is 6.08 Å². The molecular weight excluding hydrogens is 202 g/mol. The van der Waals surface area contributed by atoms with Crippen molar-refractivity contribution >= 4 is 24.9 Å². The summed E-state index contributed by atoms with van der Waals surface area (Å²) in [5.74, 6) is -1.02. The first-order valence-corrected chi connectivity index (χ1v) is 4.36. The van der Waals surface area contributed by atoms with Crippen LogP contribution in [0.2, 0.25) is 0 Å². The monoisotopic (exact) mass is 213 g/mol. The van der Waals surface area contributed by atoms with Gasteiger partial charge in [-0.05, 0) is 6.08 Å². The second kappa shape index (κ2) is 4.19. The molecule has 0 radical (unpaired) electrons. The van der Waals surface area contributed by atoms with Gasteiger partial charge in [0.2, 0.25) is 0 Å². The molecule has 1 aliphatic rings. The predicted molar refractivity (Wildman–Crippen MR) is 57.0 cm³/mol. The molecule has 0 saturated heterocycles. The van der Waals surface area contributed by atoms with Crippen LogP contribution in [0.25, 0.3) is 0 Å². The Kier molecular flexibility index (Phi) is 3.19. The molecule has 0 fully saturated rings. The maximum atomic E-state index is 10.3. The summed E-state index contributed by atoms with van der Waals surface area (Å²) >= 11 is 4.28. The zero-order valence-corrected chi connectivity index (χ0v) is 8.32. The van der Waals surface area contributed by atoms with E-state index < -0.39 is 11.0 Å². The summed E-state index contributed by atoms with van der Waals surface area (Å²) in [4.78, 5) is 11.2. The second-order valence-corrected chi connectivity index (χ2v) is 3.38. The normalized spacial score (nSPS) is 25.4. The van der Waals surface area contributed by atoms with Crippen molar-refractivity contribution in [2.75, 3.05) is 6.54 Å². The molecular formula is C8H11N3O2S. The Hall–Kier alpha value is -1.43. The van der Waals surface area contributed by atoms with Crippen molar-refractivity contribution in [3.8, 4) is 0 Å². The lowest BCUT2D eigenvalue weighted by molar-refractivity contribution is -0.131. The number of rotatable bonds is 4. The van der Waals surface area contributed by atoms with Gasteiger partial charge in [-0.15, -0.1) is 19.2 Å². The molecule has 0 saturated carbocycles. The maximum Gasteiger partial charge on any atom is 0.328 e. The van der Waals surface area contributed by atoms with Crippen LogP contribution in [0.4, 0.5) is 0 Å². The van der Waals surface area contributed by atoms with Crippen molar-refractivity contribution < 1.29 is 9.90 Å². The fraction of sp³-hybridized carbons (Fsp3) is 0.250. The van der Waals surface area contributed by atoms with E-state index in [0.717, 1.165) is 6.08 Å². The topological polar surface area (TPSA) is 64.9 Å². The predicted octanol–water partition coefficient (Wildman–Crippen LogP) is 0.245. The SMILES string of the molecule is C=CCN1C=NNC1(S)C=CC(=O)O. The third kappa shape index (κ3) is 2.29. The summed E-state index contributed by atoms with van der Waals surface area (Å²) in [6, 6.07) is 0. The minimum absolute atomic E-state index is 0.532. The molecule has 1 aliphatic heterocycles. The van der Waals surface area contributed by atoms with Crippen LogP contribution >= 0.6 is 12.6 Å². The van der Waals surface area contributed by atoms with E-state index >= 15 is 0 Å². The minimum Gasteiger partial charge on any atom is -0.478 e. The second-order valence-electron chi connectivity index (χ2n) is 2.70. The fourth-order valence-corrected chi connectivity index (χ4v) is 1.26. The first-order chi connectivity index (χ1) is 6.58. The van der Waals surface area contributed by atoms with Crippen LogP contribution in [-0.2, 0) is 4.79 Å². The van der Waals surface area contributed by atoms with Gasteiger partial charge in [-0.25, -0.2) is 4.79 Å². The van der Waals surface area contributed by atoms with E-state index in [1.807, 2.05) is 0 Å². The van der Waals surface area contributed by atoms with Crippen LogP contribution in [0.5, 0.6) is 0 Å². The molecule has 76 valence electrons. The zero-order valence-electron chi connectivity index (χ0n) is 7.42. The van der Waals surface area contributed by atoms with Gasteiger partial charge in [0.05, 0.1) is 0 Å². The quantitative estimate of drug-likeness (QED) is 0.356. The molecule has 0 amide bonds. The highest BCUT2D eigenvalue weighted by atomic mass is 32.1. The molecule has 0 aliphatic carbocycles. The lowest BCUT2D eigenvalue weighted by Gasteiger charge is -2.29. The molecule has 6 heteroatoms. The van der Waals surface area contributed by atoms with Gasteiger partial charge in [-0.3, -0.25) is 5.43 Å². The van der Waals surface area contributed by atoms with Crippen LogP contribution in [0.15, 0.2) is 29.9 Å². The number of thiol groups is 1. The maximum absolute atomic E-state index is 10.3. The van der Waals surface area contributed by atoms with Crippen LogP contribution < -0.4 is 5.43 Å². The summed E-state index contributed by atoms with van der Waals surface area (Å²) in [6.07, 6.45) is 5.65. The van der Waals surface area contributed by atoms with Crippen molar-refractivity contribution in [3.05, 3.63) is 24.8 Å². The number of aliphatic carboxylic acids is 1. The fourth-order valence-electron chi connectivity index (χ4n) is 0.992. The highest BCUT2D eigenvalue weighted by Crippen LogP contribution is 2.20. The van der Waals surface area contributed by atoms with E-state index in [1.54, 1.807) is 17.3 Å². The third-order valence-corrected chi connectivity index (χ3v) is 2.15. The number of hydrogen-bond acceptors (Lipinski definition) is 5. The molecule has 1 unspecified atom stereocenters. The Morgan fingerprint density at radius 2 is 2.57 bits per heavy atom. The van der Waals surface area contributed by atoms with E-state index in [1.165, 1.54) is 6.08 Å². The van der Waals surface area contributed by atoms with Gasteiger partial charge in [0, 0.05) is 12.6 Å². The lowest BCUT2D eigenvalue weighted by Crippen LogP contribution is -2.45. The van der Waals surface area contributed by atoms with Gasteiger partial charge < -0.3 is 10.0 Å². The van der Waals surface area contributed by atoms with Crippen molar-refractivity contribution in [3.63, 3.8) is 0 Å². The van der Waals surface area contributed by atoms with Gasteiger partial charge in [-0.2, -0.15) is 5.10 Å².